The van der Waals surface area contributed by atoms with Crippen molar-refractivity contribution in [1.29, 1.82) is 0 Å². The minimum absolute atomic E-state index is 0.291. The Kier molecular flexibility index (Phi) is 5.28. The third kappa shape index (κ3) is 4.08. The molecule has 4 rings (SSSR count). The van der Waals surface area contributed by atoms with Crippen LogP contribution in [0.4, 0.5) is 22.0 Å². The smallest absolute Gasteiger partial charge is 0.227 e. The number of rotatable bonds is 4. The van der Waals surface area contributed by atoms with Crippen LogP contribution in [0.25, 0.3) is 0 Å². The molecule has 0 atom stereocenters. The monoisotopic (exact) mass is 373 g/mol. The molecule has 0 aromatic carbocycles. The number of nitrogens with one attached hydrogen (secondary N) is 1. The van der Waals surface area contributed by atoms with E-state index >= 15 is 0 Å². The summed E-state index contributed by atoms with van der Waals surface area (Å²) in [6, 6.07) is 2.18. The van der Waals surface area contributed by atoms with Crippen molar-refractivity contribution in [1.82, 2.24) is 19.9 Å². The van der Waals surface area contributed by atoms with Gasteiger partial charge in [0.05, 0.1) is 18.9 Å². The van der Waals surface area contributed by atoms with E-state index in [1.54, 1.807) is 13.1 Å². The summed E-state index contributed by atoms with van der Waals surface area (Å²) in [4.78, 5) is 21.2. The highest BCUT2D eigenvalue weighted by atomic mass is 19.1. The van der Waals surface area contributed by atoms with E-state index in [-0.39, 0.29) is 5.82 Å². The van der Waals surface area contributed by atoms with Gasteiger partial charge in [0.15, 0.2) is 11.6 Å². The number of aryl methyl sites for hydroxylation is 1. The molecule has 0 spiro atoms. The lowest BCUT2D eigenvalue weighted by atomic mass is 10.0. The van der Waals surface area contributed by atoms with Crippen LogP contribution in [0.2, 0.25) is 0 Å². The van der Waals surface area contributed by atoms with Crippen LogP contribution in [0, 0.1) is 12.7 Å². The maximum absolute atomic E-state index is 14.2. The van der Waals surface area contributed by atoms with E-state index in [2.05, 4.69) is 30.2 Å². The molecule has 2 saturated heterocycles. The summed E-state index contributed by atoms with van der Waals surface area (Å²) in [6.45, 7) is 6.18. The summed E-state index contributed by atoms with van der Waals surface area (Å²) in [7, 11) is 0. The lowest BCUT2D eigenvalue weighted by molar-refractivity contribution is 0.122. The van der Waals surface area contributed by atoms with Gasteiger partial charge in [-0.25, -0.2) is 19.3 Å². The zero-order valence-corrected chi connectivity index (χ0v) is 15.4. The minimum atomic E-state index is -0.324. The van der Waals surface area contributed by atoms with Gasteiger partial charge in [-0.15, -0.1) is 0 Å². The van der Waals surface area contributed by atoms with Crippen molar-refractivity contribution < 1.29 is 9.13 Å². The highest BCUT2D eigenvalue weighted by molar-refractivity contribution is 5.44. The van der Waals surface area contributed by atoms with Crippen molar-refractivity contribution in [3.8, 4) is 0 Å². The van der Waals surface area contributed by atoms with Crippen LogP contribution < -0.4 is 15.1 Å². The van der Waals surface area contributed by atoms with E-state index in [1.165, 1.54) is 6.33 Å². The third-order valence-corrected chi connectivity index (χ3v) is 5.03. The molecule has 27 heavy (non-hydrogen) atoms. The molecule has 0 aliphatic carbocycles. The molecule has 9 heteroatoms. The Morgan fingerprint density at radius 1 is 1.07 bits per heavy atom. The van der Waals surface area contributed by atoms with Gasteiger partial charge in [-0.3, -0.25) is 0 Å². The highest BCUT2D eigenvalue weighted by Gasteiger charge is 2.23. The third-order valence-electron chi connectivity index (χ3n) is 5.03. The molecular weight excluding hydrogens is 349 g/mol. The number of anilines is 3. The number of hydrogen-bond donors (Lipinski definition) is 1. The largest absolute Gasteiger partial charge is 0.378 e. The van der Waals surface area contributed by atoms with E-state index in [9.17, 15) is 4.39 Å². The Morgan fingerprint density at radius 2 is 1.85 bits per heavy atom. The van der Waals surface area contributed by atoms with Gasteiger partial charge in [0.1, 0.15) is 12.1 Å². The fourth-order valence-electron chi connectivity index (χ4n) is 3.46. The summed E-state index contributed by atoms with van der Waals surface area (Å²) < 4.78 is 19.6. The second-order valence-electron chi connectivity index (χ2n) is 6.84. The second kappa shape index (κ2) is 7.99. The number of halogens is 1. The molecule has 1 N–H and O–H groups in total. The Hall–Kier alpha value is -2.55. The Labute approximate surface area is 157 Å². The Balaban J connectivity index is 1.36. The number of hydrogen-bond acceptors (Lipinski definition) is 8. The van der Waals surface area contributed by atoms with Gasteiger partial charge in [0, 0.05) is 38.4 Å². The van der Waals surface area contributed by atoms with Gasteiger partial charge in [0.2, 0.25) is 5.95 Å². The van der Waals surface area contributed by atoms with Gasteiger partial charge in [-0.05, 0) is 25.8 Å². The van der Waals surface area contributed by atoms with Crippen LogP contribution in [0.5, 0.6) is 0 Å². The summed E-state index contributed by atoms with van der Waals surface area (Å²) in [5, 5.41) is 3.50. The quantitative estimate of drug-likeness (QED) is 0.866. The number of nitrogens with zero attached hydrogens (tertiary/aromatic N) is 6. The lowest BCUT2D eigenvalue weighted by Gasteiger charge is -2.33. The van der Waals surface area contributed by atoms with Crippen LogP contribution >= 0.6 is 0 Å². The molecule has 2 aliphatic heterocycles. The highest BCUT2D eigenvalue weighted by Crippen LogP contribution is 2.23. The molecule has 0 radical (unpaired) electrons. The number of ether oxygens (including phenoxy) is 1. The normalized spacial score (nSPS) is 18.6. The topological polar surface area (TPSA) is 79.3 Å². The number of aromatic nitrogens is 4. The Bertz CT molecular complexity index is 776. The van der Waals surface area contributed by atoms with Crippen LogP contribution in [-0.2, 0) is 4.74 Å². The van der Waals surface area contributed by atoms with Crippen molar-refractivity contribution in [2.75, 3.05) is 54.5 Å². The molecule has 2 aromatic heterocycles. The average molecular weight is 373 g/mol. The molecule has 8 nitrogen and oxygen atoms in total. The zero-order chi connectivity index (χ0) is 18.6. The summed E-state index contributed by atoms with van der Waals surface area (Å²) >= 11 is 0. The van der Waals surface area contributed by atoms with Gasteiger partial charge >= 0.3 is 0 Å². The molecule has 2 aromatic rings. The maximum Gasteiger partial charge on any atom is 0.227 e. The molecular formula is C18H24FN7O. The average Bonchev–Trinajstić information content (AvgIpc) is 2.72. The first-order valence-corrected chi connectivity index (χ1v) is 9.35. The summed E-state index contributed by atoms with van der Waals surface area (Å²) in [5.74, 6) is 1.64. The molecule has 2 fully saturated rings. The van der Waals surface area contributed by atoms with E-state index in [4.69, 9.17) is 4.74 Å². The molecule has 2 aliphatic rings. The number of morpholine rings is 1. The standard InChI is InChI=1S/C18H24FN7O/c1-13-16(19)17(22-12-21-13)25-6-3-14(4-7-25)23-15-2-5-20-18(24-15)26-8-10-27-11-9-26/h2,5,12,14H,3-4,6-11H2,1H3,(H,20,23,24). The van der Waals surface area contributed by atoms with Crippen molar-refractivity contribution in [3.05, 3.63) is 30.1 Å². The summed E-state index contributed by atoms with van der Waals surface area (Å²) in [6.07, 6.45) is 4.99. The molecule has 144 valence electrons. The van der Waals surface area contributed by atoms with E-state index in [0.717, 1.165) is 50.8 Å². The predicted molar refractivity (Wildman–Crippen MR) is 101 cm³/mol. The molecule has 0 unspecified atom stereocenters. The molecule has 0 amide bonds. The zero-order valence-electron chi connectivity index (χ0n) is 15.4. The van der Waals surface area contributed by atoms with E-state index in [0.29, 0.717) is 30.8 Å². The van der Waals surface area contributed by atoms with Crippen molar-refractivity contribution in [2.45, 2.75) is 25.8 Å². The number of piperidine rings is 1. The lowest BCUT2D eigenvalue weighted by Crippen LogP contribution is -2.40. The fraction of sp³-hybridized carbons (Fsp3) is 0.556. The van der Waals surface area contributed by atoms with Crippen LogP contribution in [0.1, 0.15) is 18.5 Å². The predicted octanol–water partition coefficient (Wildman–Crippen LogP) is 1.63. The Morgan fingerprint density at radius 3 is 2.63 bits per heavy atom. The van der Waals surface area contributed by atoms with Gasteiger partial charge in [-0.2, -0.15) is 4.98 Å². The fourth-order valence-corrected chi connectivity index (χ4v) is 3.46. The maximum atomic E-state index is 14.2. The first-order valence-electron chi connectivity index (χ1n) is 9.35. The summed E-state index contributed by atoms with van der Waals surface area (Å²) in [5.41, 5.74) is 0.386. The van der Waals surface area contributed by atoms with Crippen LogP contribution in [-0.4, -0.2) is 65.4 Å². The SMILES string of the molecule is Cc1ncnc(N2CCC(Nc3ccnc(N4CCOCC4)n3)CC2)c1F. The van der Waals surface area contributed by atoms with Gasteiger partial charge in [0.25, 0.3) is 0 Å². The first-order chi connectivity index (χ1) is 13.2. The van der Waals surface area contributed by atoms with Gasteiger partial charge in [-0.1, -0.05) is 0 Å². The van der Waals surface area contributed by atoms with E-state index in [1.807, 2.05) is 11.0 Å². The van der Waals surface area contributed by atoms with Crippen LogP contribution in [0.15, 0.2) is 18.6 Å². The molecule has 4 heterocycles. The molecule has 0 saturated carbocycles. The van der Waals surface area contributed by atoms with Gasteiger partial charge < -0.3 is 19.9 Å². The minimum Gasteiger partial charge on any atom is -0.378 e. The second-order valence-corrected chi connectivity index (χ2v) is 6.84. The van der Waals surface area contributed by atoms with Crippen molar-refractivity contribution in [2.24, 2.45) is 0 Å². The van der Waals surface area contributed by atoms with Crippen molar-refractivity contribution >= 4 is 17.6 Å². The van der Waals surface area contributed by atoms with E-state index < -0.39 is 0 Å². The first kappa shape index (κ1) is 17.8. The van der Waals surface area contributed by atoms with Crippen molar-refractivity contribution in [3.63, 3.8) is 0 Å². The molecule has 0 bridgehead atoms. The van der Waals surface area contributed by atoms with Crippen LogP contribution in [0.3, 0.4) is 0 Å².